The normalized spacial score (nSPS) is 31.9. The van der Waals surface area contributed by atoms with E-state index >= 15 is 0 Å². The number of aliphatic hydroxyl groups excluding tert-OH is 1. The van der Waals surface area contributed by atoms with Gasteiger partial charge in [0.05, 0.1) is 6.61 Å². The first-order valence-electron chi connectivity index (χ1n) is 6.19. The lowest BCUT2D eigenvalue weighted by Gasteiger charge is -2.21. The SMILES string of the molecule is C#CCOC1C(O)[C@H](N)O[C@@H]1COP(=O)(O)OP(=O)(O)OP(=O)(O)O. The molecule has 7 N–H and O–H groups in total. The van der Waals surface area contributed by atoms with Gasteiger partial charge in [-0.2, -0.15) is 8.62 Å². The number of aliphatic hydroxyl groups is 1. The summed E-state index contributed by atoms with van der Waals surface area (Å²) in [5.74, 6) is 2.12. The highest BCUT2D eigenvalue weighted by Crippen LogP contribution is 2.66. The third-order valence-corrected chi connectivity index (χ3v) is 6.35. The maximum atomic E-state index is 11.6. The monoisotopic (exact) mass is 427 g/mol. The zero-order valence-corrected chi connectivity index (χ0v) is 14.9. The molecule has 6 atom stereocenters. The van der Waals surface area contributed by atoms with Gasteiger partial charge in [0, 0.05) is 0 Å². The first kappa shape index (κ1) is 22.9. The van der Waals surface area contributed by atoms with Crippen LogP contribution >= 0.6 is 23.5 Å². The molecule has 14 nitrogen and oxygen atoms in total. The van der Waals surface area contributed by atoms with Gasteiger partial charge in [-0.25, -0.2) is 13.7 Å². The maximum Gasteiger partial charge on any atom is 0.490 e. The highest BCUT2D eigenvalue weighted by Gasteiger charge is 2.45. The molecule has 1 rings (SSSR count). The lowest BCUT2D eigenvalue weighted by molar-refractivity contribution is -0.0435. The minimum absolute atomic E-state index is 0.246. The summed E-state index contributed by atoms with van der Waals surface area (Å²) in [6.07, 6.45) is 0.0792. The summed E-state index contributed by atoms with van der Waals surface area (Å²) >= 11 is 0. The van der Waals surface area contributed by atoms with Gasteiger partial charge in [-0.3, -0.25) is 4.52 Å². The van der Waals surface area contributed by atoms with E-state index in [-0.39, 0.29) is 6.61 Å². The molecule has 1 heterocycles. The van der Waals surface area contributed by atoms with Crippen LogP contribution in [-0.2, 0) is 36.3 Å². The Morgan fingerprint density at radius 1 is 1.12 bits per heavy atom. The quantitative estimate of drug-likeness (QED) is 0.180. The number of phosphoric ester groups is 1. The van der Waals surface area contributed by atoms with Crippen molar-refractivity contribution in [1.29, 1.82) is 0 Å². The third-order valence-electron chi connectivity index (χ3n) is 2.55. The second-order valence-electron chi connectivity index (χ2n) is 4.50. The van der Waals surface area contributed by atoms with Gasteiger partial charge in [0.2, 0.25) is 0 Å². The summed E-state index contributed by atoms with van der Waals surface area (Å²) < 4.78 is 54.8. The van der Waals surface area contributed by atoms with Crippen LogP contribution in [0.2, 0.25) is 0 Å². The van der Waals surface area contributed by atoms with Crippen LogP contribution in [0.25, 0.3) is 0 Å². The van der Waals surface area contributed by atoms with Crippen LogP contribution in [-0.4, -0.2) is 62.4 Å². The standard InChI is InChI=1S/C8H16NO13P3/c1-2-3-18-7-5(20-8(9)6(7)10)4-19-24(14,15)22-25(16,17)21-23(11,12)13/h1,5-8,10H,3-4,9H2,(H,14,15)(H,16,17)(H2,11,12,13)/t5-,6?,7?,8-/m1/s1. The van der Waals surface area contributed by atoms with Gasteiger partial charge in [0.1, 0.15) is 31.1 Å². The van der Waals surface area contributed by atoms with Crippen molar-refractivity contribution in [3.63, 3.8) is 0 Å². The molecule has 1 saturated heterocycles. The summed E-state index contributed by atoms with van der Waals surface area (Å²) in [5.41, 5.74) is 5.43. The molecule has 0 aromatic carbocycles. The number of hydrogen-bond donors (Lipinski definition) is 6. The Morgan fingerprint density at radius 3 is 2.24 bits per heavy atom. The van der Waals surface area contributed by atoms with Crippen LogP contribution < -0.4 is 5.73 Å². The van der Waals surface area contributed by atoms with Gasteiger partial charge >= 0.3 is 23.5 Å². The number of hydrogen-bond acceptors (Lipinski definition) is 10. The smallest absolute Gasteiger partial charge is 0.386 e. The Labute approximate surface area is 141 Å². The molecule has 0 aliphatic carbocycles. The highest BCUT2D eigenvalue weighted by molar-refractivity contribution is 7.66. The van der Waals surface area contributed by atoms with E-state index in [1.54, 1.807) is 0 Å². The molecule has 1 fully saturated rings. The minimum atomic E-state index is -5.63. The number of nitrogens with two attached hydrogens (primary N) is 1. The summed E-state index contributed by atoms with van der Waals surface area (Å²) in [6, 6.07) is 0. The number of rotatable bonds is 9. The fourth-order valence-electron chi connectivity index (χ4n) is 1.72. The first-order valence-corrected chi connectivity index (χ1v) is 10.7. The van der Waals surface area contributed by atoms with E-state index in [1.807, 2.05) is 0 Å². The van der Waals surface area contributed by atoms with Gasteiger partial charge in [-0.1, -0.05) is 5.92 Å². The van der Waals surface area contributed by atoms with Crippen molar-refractivity contribution in [3.05, 3.63) is 0 Å². The molecule has 25 heavy (non-hydrogen) atoms. The average Bonchev–Trinajstić information content (AvgIpc) is 2.66. The van der Waals surface area contributed by atoms with Crippen LogP contribution in [0.4, 0.5) is 0 Å². The van der Waals surface area contributed by atoms with Gasteiger partial charge < -0.3 is 39.9 Å². The Balaban J connectivity index is 2.68. The summed E-state index contributed by atoms with van der Waals surface area (Å²) in [7, 11) is -16.4. The topological polar surface area (TPSA) is 225 Å². The lowest BCUT2D eigenvalue weighted by atomic mass is 10.1. The van der Waals surface area contributed by atoms with Crippen LogP contribution in [0.5, 0.6) is 0 Å². The van der Waals surface area contributed by atoms with Crippen molar-refractivity contribution in [1.82, 2.24) is 0 Å². The molecule has 0 aromatic rings. The zero-order chi connectivity index (χ0) is 19.5. The van der Waals surface area contributed by atoms with E-state index in [1.165, 1.54) is 0 Å². The average molecular weight is 427 g/mol. The van der Waals surface area contributed by atoms with Crippen molar-refractivity contribution in [2.45, 2.75) is 24.5 Å². The largest absolute Gasteiger partial charge is 0.490 e. The Kier molecular flexibility index (Phi) is 7.92. The molecular weight excluding hydrogens is 411 g/mol. The Morgan fingerprint density at radius 2 is 1.72 bits per heavy atom. The summed E-state index contributed by atoms with van der Waals surface area (Å²) in [4.78, 5) is 35.1. The first-order chi connectivity index (χ1) is 11.3. The molecule has 1 aliphatic rings. The molecule has 1 aliphatic heterocycles. The van der Waals surface area contributed by atoms with Crippen molar-refractivity contribution in [3.8, 4) is 12.3 Å². The highest BCUT2D eigenvalue weighted by atomic mass is 31.3. The molecule has 4 unspecified atom stereocenters. The molecule has 17 heteroatoms. The number of phosphoric acid groups is 3. The van der Waals surface area contributed by atoms with Crippen LogP contribution in [0.1, 0.15) is 0 Å². The van der Waals surface area contributed by atoms with Crippen molar-refractivity contribution >= 4 is 23.5 Å². The lowest BCUT2D eigenvalue weighted by Crippen LogP contribution is -2.39. The van der Waals surface area contributed by atoms with E-state index in [2.05, 4.69) is 19.1 Å². The molecule has 0 amide bonds. The minimum Gasteiger partial charge on any atom is -0.386 e. The molecule has 0 aromatic heterocycles. The fourth-order valence-corrected chi connectivity index (χ4v) is 4.75. The van der Waals surface area contributed by atoms with Crippen LogP contribution in [0.15, 0.2) is 0 Å². The predicted octanol–water partition coefficient (Wildman–Crippen LogP) is -1.61. The van der Waals surface area contributed by atoms with E-state index in [9.17, 15) is 23.7 Å². The molecule has 0 radical (unpaired) electrons. The second-order valence-corrected chi connectivity index (χ2v) is 8.92. The summed E-state index contributed by atoms with van der Waals surface area (Å²) in [6.45, 7) is -1.06. The maximum absolute atomic E-state index is 11.6. The molecule has 146 valence electrons. The fraction of sp³-hybridized carbons (Fsp3) is 0.750. The van der Waals surface area contributed by atoms with Crippen molar-refractivity contribution in [2.75, 3.05) is 13.2 Å². The van der Waals surface area contributed by atoms with E-state index < -0.39 is 54.6 Å². The zero-order valence-electron chi connectivity index (χ0n) is 12.2. The van der Waals surface area contributed by atoms with Gasteiger partial charge in [0.15, 0.2) is 0 Å². The Hall–Kier alpha value is -0.190. The van der Waals surface area contributed by atoms with E-state index in [0.717, 1.165) is 0 Å². The second kappa shape index (κ2) is 8.67. The van der Waals surface area contributed by atoms with E-state index in [4.69, 9.17) is 36.3 Å². The van der Waals surface area contributed by atoms with Crippen molar-refractivity contribution in [2.24, 2.45) is 5.73 Å². The molecule has 0 saturated carbocycles. The number of terminal acetylenes is 1. The van der Waals surface area contributed by atoms with Crippen molar-refractivity contribution < 1.29 is 61.0 Å². The molecular formula is C8H16NO13P3. The van der Waals surface area contributed by atoms with Crippen LogP contribution in [0.3, 0.4) is 0 Å². The van der Waals surface area contributed by atoms with Gasteiger partial charge in [0.25, 0.3) is 0 Å². The number of ether oxygens (including phenoxy) is 2. The molecule has 0 bridgehead atoms. The Bertz CT molecular complexity index is 642. The molecule has 0 spiro atoms. The third kappa shape index (κ3) is 7.92. The van der Waals surface area contributed by atoms with Gasteiger partial charge in [-0.05, 0) is 0 Å². The van der Waals surface area contributed by atoms with Crippen LogP contribution in [0, 0.1) is 12.3 Å². The predicted molar refractivity (Wildman–Crippen MR) is 77.2 cm³/mol. The van der Waals surface area contributed by atoms with E-state index in [0.29, 0.717) is 0 Å². The summed E-state index contributed by atoms with van der Waals surface area (Å²) in [5, 5.41) is 9.74. The van der Waals surface area contributed by atoms with Gasteiger partial charge in [-0.15, -0.1) is 6.42 Å².